The molecule has 170 valence electrons. The zero-order chi connectivity index (χ0) is 23.5. The molecule has 0 aliphatic heterocycles. The molecule has 0 radical (unpaired) electrons. The third kappa shape index (κ3) is 4.96. The Labute approximate surface area is 198 Å². The summed E-state index contributed by atoms with van der Waals surface area (Å²) in [5.41, 5.74) is 11.9. The number of hydrogen-bond donors (Lipinski definition) is 2. The molecule has 3 heterocycles. The van der Waals surface area contributed by atoms with Crippen LogP contribution in [0.2, 0.25) is 0 Å². The Bertz CT molecular complexity index is 1320. The van der Waals surface area contributed by atoms with Gasteiger partial charge in [0.1, 0.15) is 0 Å². The van der Waals surface area contributed by atoms with Crippen LogP contribution in [0.3, 0.4) is 0 Å². The molecule has 0 bridgehead atoms. The molecule has 12 heteroatoms. The van der Waals surface area contributed by atoms with Crippen molar-refractivity contribution in [1.82, 2.24) is 30.7 Å². The number of carbonyl (C=O) groups excluding carboxylic acids is 1. The molecule has 0 atom stereocenters. The Balaban J connectivity index is 1.61. The van der Waals surface area contributed by atoms with Crippen molar-refractivity contribution < 1.29 is 9.42 Å². The van der Waals surface area contributed by atoms with Gasteiger partial charge in [0, 0.05) is 26.0 Å². The highest BCUT2D eigenvalue weighted by Crippen LogP contribution is 2.26. The molecule has 3 N–H and O–H groups in total. The number of carbonyl (C=O) groups is 1. The smallest absolute Gasteiger partial charge is 0.293 e. The van der Waals surface area contributed by atoms with Crippen LogP contribution < -0.4 is 11.2 Å². The predicted molar refractivity (Wildman–Crippen MR) is 128 cm³/mol. The van der Waals surface area contributed by atoms with E-state index in [0.29, 0.717) is 17.2 Å². The number of aryl methyl sites for hydroxylation is 3. The first kappa shape index (κ1) is 22.7. The van der Waals surface area contributed by atoms with E-state index in [2.05, 4.69) is 31.2 Å². The summed E-state index contributed by atoms with van der Waals surface area (Å²) < 4.78 is 6.07. The fourth-order valence-electron chi connectivity index (χ4n) is 3.14. The van der Waals surface area contributed by atoms with Gasteiger partial charge in [-0.05, 0) is 56.2 Å². The summed E-state index contributed by atoms with van der Waals surface area (Å²) in [4.78, 5) is 16.3. The number of aromatic nitrogens is 5. The molecule has 0 aliphatic rings. The lowest BCUT2D eigenvalue weighted by molar-refractivity contribution is 0.0949. The maximum atomic E-state index is 13.0. The zero-order valence-corrected chi connectivity index (χ0v) is 20.1. The summed E-state index contributed by atoms with van der Waals surface area (Å²) in [6.45, 7) is 7.93. The van der Waals surface area contributed by atoms with Crippen molar-refractivity contribution in [1.29, 1.82) is 0 Å². The number of benzene rings is 1. The molecule has 0 saturated carbocycles. The van der Waals surface area contributed by atoms with Crippen LogP contribution >= 0.6 is 23.1 Å². The third-order valence-electron chi connectivity index (χ3n) is 4.83. The SMILES string of the molecule is C/C(=N\NC(=O)c1nnn(-c2nonc2N)c1CSc1ccc(C)cc1)c1cc(C)sc1C. The molecule has 0 spiro atoms. The Morgan fingerprint density at radius 1 is 1.24 bits per heavy atom. The van der Waals surface area contributed by atoms with Crippen LogP contribution in [0.5, 0.6) is 0 Å². The summed E-state index contributed by atoms with van der Waals surface area (Å²) in [6.07, 6.45) is 0. The van der Waals surface area contributed by atoms with Gasteiger partial charge in [0.2, 0.25) is 11.6 Å². The van der Waals surface area contributed by atoms with Gasteiger partial charge >= 0.3 is 0 Å². The average molecular weight is 483 g/mol. The molecule has 4 rings (SSSR count). The molecule has 0 unspecified atom stereocenters. The summed E-state index contributed by atoms with van der Waals surface area (Å²) >= 11 is 3.21. The summed E-state index contributed by atoms with van der Waals surface area (Å²) in [5, 5.41) is 19.8. The van der Waals surface area contributed by atoms with Gasteiger partial charge in [-0.3, -0.25) is 4.79 Å². The summed E-state index contributed by atoms with van der Waals surface area (Å²) in [6, 6.07) is 10.1. The van der Waals surface area contributed by atoms with Crippen LogP contribution in [0.25, 0.3) is 5.82 Å². The van der Waals surface area contributed by atoms with Crippen molar-refractivity contribution in [3.63, 3.8) is 0 Å². The van der Waals surface area contributed by atoms with Crippen molar-refractivity contribution >= 4 is 40.5 Å². The van der Waals surface area contributed by atoms with Gasteiger partial charge in [-0.15, -0.1) is 28.2 Å². The number of thioether (sulfide) groups is 1. The summed E-state index contributed by atoms with van der Waals surface area (Å²) in [5.74, 6) is 0.117. The number of nitrogen functional groups attached to an aromatic ring is 1. The lowest BCUT2D eigenvalue weighted by atomic mass is 10.2. The molecular weight excluding hydrogens is 460 g/mol. The lowest BCUT2D eigenvalue weighted by Gasteiger charge is -2.06. The second-order valence-corrected chi connectivity index (χ2v) is 9.85. The molecule has 0 fully saturated rings. The van der Waals surface area contributed by atoms with Gasteiger partial charge in [0.05, 0.1) is 11.4 Å². The normalized spacial score (nSPS) is 11.7. The Kier molecular flexibility index (Phi) is 6.56. The van der Waals surface area contributed by atoms with E-state index in [4.69, 9.17) is 10.4 Å². The second-order valence-electron chi connectivity index (χ2n) is 7.34. The Morgan fingerprint density at radius 2 is 2.00 bits per heavy atom. The molecule has 33 heavy (non-hydrogen) atoms. The van der Waals surface area contributed by atoms with E-state index >= 15 is 0 Å². The molecule has 4 aromatic rings. The van der Waals surface area contributed by atoms with Gasteiger partial charge in [-0.2, -0.15) is 9.78 Å². The zero-order valence-electron chi connectivity index (χ0n) is 18.5. The van der Waals surface area contributed by atoms with Gasteiger partial charge in [0.15, 0.2) is 5.69 Å². The molecule has 1 aromatic carbocycles. The highest BCUT2D eigenvalue weighted by atomic mass is 32.2. The Morgan fingerprint density at radius 3 is 2.64 bits per heavy atom. The maximum Gasteiger partial charge on any atom is 0.293 e. The average Bonchev–Trinajstić information content (AvgIpc) is 3.49. The van der Waals surface area contributed by atoms with Gasteiger partial charge < -0.3 is 5.73 Å². The molecule has 0 saturated heterocycles. The van der Waals surface area contributed by atoms with Crippen molar-refractivity contribution in [3.8, 4) is 5.82 Å². The molecular formula is C21H22N8O2S2. The van der Waals surface area contributed by atoms with Crippen molar-refractivity contribution in [2.45, 2.75) is 38.3 Å². The van der Waals surface area contributed by atoms with E-state index in [0.717, 1.165) is 20.9 Å². The van der Waals surface area contributed by atoms with Gasteiger partial charge in [-0.1, -0.05) is 22.9 Å². The second kappa shape index (κ2) is 9.55. The number of nitrogens with one attached hydrogen (secondary N) is 1. The fourth-order valence-corrected chi connectivity index (χ4v) is 5.01. The van der Waals surface area contributed by atoms with E-state index in [9.17, 15) is 4.79 Å². The third-order valence-corrected chi connectivity index (χ3v) is 6.82. The maximum absolute atomic E-state index is 13.0. The van der Waals surface area contributed by atoms with Gasteiger partial charge in [-0.25, -0.2) is 10.1 Å². The predicted octanol–water partition coefficient (Wildman–Crippen LogP) is 3.67. The lowest BCUT2D eigenvalue weighted by Crippen LogP contribution is -2.21. The van der Waals surface area contributed by atoms with Gasteiger partial charge in [0.25, 0.3) is 5.91 Å². The monoisotopic (exact) mass is 482 g/mol. The Hall–Kier alpha value is -3.51. The quantitative estimate of drug-likeness (QED) is 0.231. The van der Waals surface area contributed by atoms with Crippen LogP contribution in [0.15, 0.2) is 45.0 Å². The van der Waals surface area contributed by atoms with Crippen LogP contribution in [0.1, 0.15) is 44.0 Å². The standard InChI is InChI=1S/C21H22N8O2S2/c1-11-5-7-15(8-6-11)32-10-17-18(24-28-29(17)20-19(22)26-31-27-20)21(30)25-23-13(3)16-9-12(2)33-14(16)4/h5-9H,10H2,1-4H3,(H2,22,26)(H,25,30)/b23-13+. The first-order chi connectivity index (χ1) is 15.8. The number of nitrogens with zero attached hydrogens (tertiary/aromatic N) is 6. The number of thiophene rings is 1. The highest BCUT2D eigenvalue weighted by Gasteiger charge is 2.24. The molecule has 10 nitrogen and oxygen atoms in total. The van der Waals surface area contributed by atoms with E-state index in [1.54, 1.807) is 11.3 Å². The van der Waals surface area contributed by atoms with E-state index < -0.39 is 5.91 Å². The number of hydrogen-bond acceptors (Lipinski definition) is 10. The first-order valence-electron chi connectivity index (χ1n) is 9.98. The van der Waals surface area contributed by atoms with Crippen LogP contribution in [0, 0.1) is 20.8 Å². The number of rotatable bonds is 7. The first-order valence-corrected chi connectivity index (χ1v) is 11.8. The van der Waals surface area contributed by atoms with Crippen LogP contribution in [-0.4, -0.2) is 36.9 Å². The topological polar surface area (TPSA) is 137 Å². The summed E-state index contributed by atoms with van der Waals surface area (Å²) in [7, 11) is 0. The van der Waals surface area contributed by atoms with Crippen molar-refractivity contribution in [2.24, 2.45) is 5.10 Å². The van der Waals surface area contributed by atoms with E-state index in [1.807, 2.05) is 58.0 Å². The number of anilines is 1. The minimum atomic E-state index is -0.486. The fraction of sp³-hybridized carbons (Fsp3) is 0.238. The van der Waals surface area contributed by atoms with E-state index in [1.165, 1.54) is 21.3 Å². The van der Waals surface area contributed by atoms with Crippen molar-refractivity contribution in [2.75, 3.05) is 5.73 Å². The van der Waals surface area contributed by atoms with Crippen LogP contribution in [0.4, 0.5) is 5.82 Å². The number of nitrogens with two attached hydrogens (primary N) is 1. The number of hydrazone groups is 1. The highest BCUT2D eigenvalue weighted by molar-refractivity contribution is 7.98. The molecule has 1 amide bonds. The van der Waals surface area contributed by atoms with Crippen molar-refractivity contribution in [3.05, 3.63) is 62.6 Å². The number of amides is 1. The minimum Gasteiger partial charge on any atom is -0.378 e. The minimum absolute atomic E-state index is 0.0469. The molecule has 3 aromatic heterocycles. The largest absolute Gasteiger partial charge is 0.378 e. The van der Waals surface area contributed by atoms with Crippen LogP contribution in [-0.2, 0) is 5.75 Å². The van der Waals surface area contributed by atoms with E-state index in [-0.39, 0.29) is 17.3 Å². The molecule has 0 aliphatic carbocycles.